The zero-order chi connectivity index (χ0) is 17.3. The largest absolute Gasteiger partial charge is 0.478 e. The predicted molar refractivity (Wildman–Crippen MR) is 93.9 cm³/mol. The lowest BCUT2D eigenvalue weighted by molar-refractivity contribution is 0.0696. The van der Waals surface area contributed by atoms with Crippen LogP contribution in [-0.4, -0.2) is 30.8 Å². The van der Waals surface area contributed by atoms with Crippen LogP contribution in [0.2, 0.25) is 0 Å². The zero-order valence-electron chi connectivity index (χ0n) is 12.8. The minimum Gasteiger partial charge on any atom is -0.478 e. The van der Waals surface area contributed by atoms with Gasteiger partial charge in [-0.1, -0.05) is 30.3 Å². The molecule has 0 saturated heterocycles. The van der Waals surface area contributed by atoms with Gasteiger partial charge in [0.2, 0.25) is 0 Å². The van der Waals surface area contributed by atoms with Gasteiger partial charge in [-0.15, -0.1) is 11.3 Å². The van der Waals surface area contributed by atoms with Crippen molar-refractivity contribution < 1.29 is 18.3 Å². The normalized spacial score (nSPS) is 11.9. The first-order valence-corrected chi connectivity index (χ1v) is 9.41. The average molecular weight is 361 g/mol. The summed E-state index contributed by atoms with van der Waals surface area (Å²) >= 11 is 1.23. The SMILES string of the molecule is CN(Cc1cccc(C(=O)O)c1)S(=O)(=O)c1cc2ccccc2s1. The molecule has 124 valence electrons. The monoisotopic (exact) mass is 361 g/mol. The van der Waals surface area contributed by atoms with Crippen LogP contribution in [0.5, 0.6) is 0 Å². The predicted octanol–water partition coefficient (Wildman–Crippen LogP) is 3.42. The minimum absolute atomic E-state index is 0.109. The molecule has 0 aliphatic heterocycles. The van der Waals surface area contributed by atoms with Crippen LogP contribution in [-0.2, 0) is 16.6 Å². The number of sulfonamides is 1. The van der Waals surface area contributed by atoms with Crippen LogP contribution in [0.25, 0.3) is 10.1 Å². The van der Waals surface area contributed by atoms with E-state index in [9.17, 15) is 13.2 Å². The fraction of sp³-hybridized carbons (Fsp3) is 0.118. The lowest BCUT2D eigenvalue weighted by atomic mass is 10.1. The maximum Gasteiger partial charge on any atom is 0.335 e. The van der Waals surface area contributed by atoms with E-state index in [2.05, 4.69) is 0 Å². The highest BCUT2D eigenvalue weighted by Gasteiger charge is 2.23. The molecule has 0 radical (unpaired) electrons. The van der Waals surface area contributed by atoms with E-state index in [0.29, 0.717) is 5.56 Å². The molecule has 0 saturated carbocycles. The summed E-state index contributed by atoms with van der Waals surface area (Å²) in [6, 6.07) is 15.5. The molecule has 3 rings (SSSR count). The molecule has 24 heavy (non-hydrogen) atoms. The van der Waals surface area contributed by atoms with E-state index in [-0.39, 0.29) is 16.3 Å². The van der Waals surface area contributed by atoms with Gasteiger partial charge < -0.3 is 5.11 Å². The zero-order valence-corrected chi connectivity index (χ0v) is 14.5. The number of nitrogens with zero attached hydrogens (tertiary/aromatic N) is 1. The van der Waals surface area contributed by atoms with Gasteiger partial charge in [-0.25, -0.2) is 13.2 Å². The summed E-state index contributed by atoms with van der Waals surface area (Å²) in [5.74, 6) is -1.04. The number of hydrogen-bond acceptors (Lipinski definition) is 4. The number of aromatic carboxylic acids is 1. The third kappa shape index (κ3) is 3.19. The summed E-state index contributed by atoms with van der Waals surface area (Å²) < 4.78 is 27.9. The van der Waals surface area contributed by atoms with Crippen LogP contribution in [0.1, 0.15) is 15.9 Å². The Morgan fingerprint density at radius 1 is 1.12 bits per heavy atom. The Morgan fingerprint density at radius 2 is 1.88 bits per heavy atom. The van der Waals surface area contributed by atoms with E-state index in [4.69, 9.17) is 5.11 Å². The Morgan fingerprint density at radius 3 is 2.58 bits per heavy atom. The van der Waals surface area contributed by atoms with E-state index in [1.807, 2.05) is 24.3 Å². The standard InChI is InChI=1S/C17H15NO4S2/c1-18(11-12-5-4-7-14(9-12)17(19)20)24(21,22)16-10-13-6-2-3-8-15(13)23-16/h2-10H,11H2,1H3,(H,19,20). The minimum atomic E-state index is -3.63. The number of benzene rings is 2. The Kier molecular flexibility index (Phi) is 4.40. The van der Waals surface area contributed by atoms with Gasteiger partial charge in [0.1, 0.15) is 4.21 Å². The van der Waals surface area contributed by atoms with E-state index in [1.165, 1.54) is 34.8 Å². The Hall–Kier alpha value is -2.22. The molecule has 0 aliphatic rings. The van der Waals surface area contributed by atoms with Gasteiger partial charge in [0.15, 0.2) is 0 Å². The summed E-state index contributed by atoms with van der Waals surface area (Å²) in [7, 11) is -2.13. The van der Waals surface area contributed by atoms with E-state index in [0.717, 1.165) is 10.1 Å². The van der Waals surface area contributed by atoms with Crippen LogP contribution >= 0.6 is 11.3 Å². The summed E-state index contributed by atoms with van der Waals surface area (Å²) in [6.45, 7) is 0.109. The van der Waals surface area contributed by atoms with Gasteiger partial charge in [0, 0.05) is 18.3 Å². The molecule has 0 atom stereocenters. The molecular formula is C17H15NO4S2. The summed E-state index contributed by atoms with van der Waals surface area (Å²) in [4.78, 5) is 11.0. The number of hydrogen-bond donors (Lipinski definition) is 1. The number of carboxylic acid groups (broad SMARTS) is 1. The molecule has 0 aliphatic carbocycles. The third-order valence-electron chi connectivity index (χ3n) is 3.65. The molecule has 2 aromatic carbocycles. The molecule has 5 nitrogen and oxygen atoms in total. The van der Waals surface area contributed by atoms with Crippen molar-refractivity contribution >= 4 is 37.4 Å². The number of carboxylic acids is 1. The van der Waals surface area contributed by atoms with Crippen LogP contribution < -0.4 is 0 Å². The van der Waals surface area contributed by atoms with Gasteiger partial charge in [-0.3, -0.25) is 0 Å². The van der Waals surface area contributed by atoms with E-state index < -0.39 is 16.0 Å². The number of carbonyl (C=O) groups is 1. The molecule has 0 amide bonds. The molecule has 0 unspecified atom stereocenters. The number of thiophene rings is 1. The van der Waals surface area contributed by atoms with Crippen molar-refractivity contribution in [3.63, 3.8) is 0 Å². The molecule has 3 aromatic rings. The fourth-order valence-corrected chi connectivity index (χ4v) is 5.15. The van der Waals surface area contributed by atoms with Gasteiger partial charge in [0.25, 0.3) is 10.0 Å². The van der Waals surface area contributed by atoms with Crippen molar-refractivity contribution in [2.24, 2.45) is 0 Å². The maximum absolute atomic E-state index is 12.7. The van der Waals surface area contributed by atoms with Crippen LogP contribution in [0, 0.1) is 0 Å². The van der Waals surface area contributed by atoms with E-state index >= 15 is 0 Å². The van der Waals surface area contributed by atoms with Crippen molar-refractivity contribution in [3.8, 4) is 0 Å². The molecular weight excluding hydrogens is 346 g/mol. The van der Waals surface area contributed by atoms with E-state index in [1.54, 1.807) is 18.2 Å². The van der Waals surface area contributed by atoms with Crippen molar-refractivity contribution in [2.45, 2.75) is 10.8 Å². The first-order chi connectivity index (χ1) is 11.4. The number of rotatable bonds is 5. The molecule has 0 fully saturated rings. The Bertz CT molecular complexity index is 975. The average Bonchev–Trinajstić information content (AvgIpc) is 3.00. The second-order valence-corrected chi connectivity index (χ2v) is 8.73. The highest BCUT2D eigenvalue weighted by molar-refractivity contribution is 7.91. The van der Waals surface area contributed by atoms with Crippen molar-refractivity contribution in [2.75, 3.05) is 7.05 Å². The van der Waals surface area contributed by atoms with Crippen LogP contribution in [0.4, 0.5) is 0 Å². The van der Waals surface area contributed by atoms with Gasteiger partial charge >= 0.3 is 5.97 Å². The van der Waals surface area contributed by atoms with Crippen molar-refractivity contribution in [3.05, 3.63) is 65.7 Å². The Labute approximate surface area is 143 Å². The quantitative estimate of drug-likeness (QED) is 0.756. The highest BCUT2D eigenvalue weighted by atomic mass is 32.2. The summed E-state index contributed by atoms with van der Waals surface area (Å²) in [5.41, 5.74) is 0.766. The molecule has 1 heterocycles. The molecule has 0 spiro atoms. The van der Waals surface area contributed by atoms with Crippen LogP contribution in [0.15, 0.2) is 58.8 Å². The first kappa shape index (κ1) is 16.6. The van der Waals surface area contributed by atoms with Gasteiger partial charge in [-0.2, -0.15) is 4.31 Å². The molecule has 1 aromatic heterocycles. The van der Waals surface area contributed by atoms with Crippen LogP contribution in [0.3, 0.4) is 0 Å². The second-order valence-electron chi connectivity index (χ2n) is 5.37. The topological polar surface area (TPSA) is 74.7 Å². The lowest BCUT2D eigenvalue weighted by Crippen LogP contribution is -2.25. The van der Waals surface area contributed by atoms with Gasteiger partial charge in [0.05, 0.1) is 5.56 Å². The molecule has 7 heteroatoms. The Balaban J connectivity index is 1.89. The van der Waals surface area contributed by atoms with Crippen molar-refractivity contribution in [1.29, 1.82) is 0 Å². The second kappa shape index (κ2) is 6.35. The molecule has 0 bridgehead atoms. The van der Waals surface area contributed by atoms with Crippen molar-refractivity contribution in [1.82, 2.24) is 4.31 Å². The first-order valence-electron chi connectivity index (χ1n) is 7.15. The van der Waals surface area contributed by atoms with Gasteiger partial charge in [-0.05, 0) is 35.2 Å². The summed E-state index contributed by atoms with van der Waals surface area (Å²) in [5, 5.41) is 9.92. The fourth-order valence-electron chi connectivity index (χ4n) is 2.38. The lowest BCUT2D eigenvalue weighted by Gasteiger charge is -2.16. The maximum atomic E-state index is 12.7. The third-order valence-corrected chi connectivity index (χ3v) is 7.02. The highest BCUT2D eigenvalue weighted by Crippen LogP contribution is 2.30. The molecule has 1 N–H and O–H groups in total. The number of fused-ring (bicyclic) bond motifs is 1. The smallest absolute Gasteiger partial charge is 0.335 e. The summed E-state index contributed by atoms with van der Waals surface area (Å²) in [6.07, 6.45) is 0.